The van der Waals surface area contributed by atoms with Gasteiger partial charge in [0, 0.05) is 25.7 Å². The molecule has 0 saturated heterocycles. The first kappa shape index (κ1) is 17.4. The number of anilines is 1. The third-order valence-electron chi connectivity index (χ3n) is 2.65. The van der Waals surface area contributed by atoms with Gasteiger partial charge in [-0.3, -0.25) is 4.79 Å². The molecule has 4 heteroatoms. The Morgan fingerprint density at radius 2 is 1.84 bits per heavy atom. The molecular formula is C15H25N2O2. The maximum absolute atomic E-state index is 10.3. The van der Waals surface area contributed by atoms with Crippen LogP contribution in [0.2, 0.25) is 0 Å². The van der Waals surface area contributed by atoms with Crippen LogP contribution in [0, 0.1) is 0 Å². The van der Waals surface area contributed by atoms with E-state index < -0.39 is 0 Å². The number of nitrogens with two attached hydrogens (primary N) is 1. The third-order valence-corrected chi connectivity index (χ3v) is 2.65. The second kappa shape index (κ2) is 11.5. The molecule has 2 N–H and O–H groups in total. The molecule has 1 aromatic carbocycles. The largest absolute Gasteiger partial charge is 0.372 e. The molecule has 1 amide bonds. The molecule has 1 rings (SSSR count). The highest BCUT2D eigenvalue weighted by atomic mass is 16.3. The van der Waals surface area contributed by atoms with Gasteiger partial charge in [-0.1, -0.05) is 38.0 Å². The topological polar surface area (TPSA) is 66.2 Å². The smallest absolute Gasteiger partial charge is 0.217 e. The van der Waals surface area contributed by atoms with Gasteiger partial charge < -0.3 is 10.6 Å². The van der Waals surface area contributed by atoms with Gasteiger partial charge in [-0.15, -0.1) is 0 Å². The molecule has 0 unspecified atom stereocenters. The lowest BCUT2D eigenvalue weighted by Crippen LogP contribution is -2.20. The number of hydrogen-bond donors (Lipinski definition) is 1. The molecule has 0 aliphatic rings. The zero-order valence-electron chi connectivity index (χ0n) is 12.0. The number of primary amides is 1. The minimum absolute atomic E-state index is 0.0502. The molecule has 107 valence electrons. The van der Waals surface area contributed by atoms with E-state index in [2.05, 4.69) is 6.92 Å². The van der Waals surface area contributed by atoms with Crippen molar-refractivity contribution in [3.05, 3.63) is 30.3 Å². The lowest BCUT2D eigenvalue weighted by atomic mass is 10.2. The first-order chi connectivity index (χ1) is 9.11. The van der Waals surface area contributed by atoms with E-state index in [1.54, 1.807) is 0 Å². The first-order valence-electron chi connectivity index (χ1n) is 6.74. The average molecular weight is 265 g/mol. The Bertz CT molecular complexity index is 328. The number of carbonyl (C=O) groups is 1. The molecule has 4 nitrogen and oxygen atoms in total. The number of unbranched alkanes of at least 4 members (excludes halogenated alkanes) is 2. The van der Waals surface area contributed by atoms with Crippen molar-refractivity contribution in [3.63, 3.8) is 0 Å². The number of rotatable bonds is 7. The van der Waals surface area contributed by atoms with Crippen LogP contribution >= 0.6 is 0 Å². The number of amides is 1. The van der Waals surface area contributed by atoms with Gasteiger partial charge in [0.1, 0.15) is 0 Å². The van der Waals surface area contributed by atoms with E-state index in [4.69, 9.17) is 5.73 Å². The molecule has 0 aliphatic carbocycles. The Balaban J connectivity index is 0.000000362. The number of benzene rings is 1. The summed E-state index contributed by atoms with van der Waals surface area (Å²) in [6.07, 6.45) is 3.76. The predicted octanol–water partition coefficient (Wildman–Crippen LogP) is 2.61. The molecule has 0 heterocycles. The van der Waals surface area contributed by atoms with Crippen molar-refractivity contribution in [1.29, 1.82) is 0 Å². The van der Waals surface area contributed by atoms with Gasteiger partial charge in [0.25, 0.3) is 0 Å². The summed E-state index contributed by atoms with van der Waals surface area (Å²) in [5.74, 6) is -0.182. The van der Waals surface area contributed by atoms with E-state index in [1.165, 1.54) is 0 Å². The van der Waals surface area contributed by atoms with Crippen molar-refractivity contribution in [3.8, 4) is 0 Å². The SMILES string of the molecule is CCCCCC(N)=O.CN(CC[O])c1ccccc1. The summed E-state index contributed by atoms with van der Waals surface area (Å²) < 4.78 is 0. The quantitative estimate of drug-likeness (QED) is 0.770. The fraction of sp³-hybridized carbons (Fsp3) is 0.533. The second-order valence-corrected chi connectivity index (χ2v) is 4.38. The van der Waals surface area contributed by atoms with E-state index in [1.807, 2.05) is 42.3 Å². The van der Waals surface area contributed by atoms with Gasteiger partial charge in [-0.05, 0) is 18.6 Å². The lowest BCUT2D eigenvalue weighted by molar-refractivity contribution is -0.118. The van der Waals surface area contributed by atoms with Gasteiger partial charge in [0.2, 0.25) is 5.91 Å². The van der Waals surface area contributed by atoms with Crippen LogP contribution in [-0.4, -0.2) is 26.1 Å². The van der Waals surface area contributed by atoms with Gasteiger partial charge in [-0.25, -0.2) is 5.11 Å². The number of hydrogen-bond acceptors (Lipinski definition) is 2. The van der Waals surface area contributed by atoms with Crippen molar-refractivity contribution in [2.24, 2.45) is 5.73 Å². The summed E-state index contributed by atoms with van der Waals surface area (Å²) in [6, 6.07) is 9.90. The van der Waals surface area contributed by atoms with E-state index in [-0.39, 0.29) is 12.5 Å². The standard InChI is InChI=1S/C9H12NO.C6H13NO/c1-10(7-8-11)9-5-3-2-4-6-9;1-2-3-4-5-6(7)8/h2-6H,7-8H2,1H3;2-5H2,1H3,(H2,7,8). The molecule has 0 bridgehead atoms. The van der Waals surface area contributed by atoms with Crippen molar-refractivity contribution >= 4 is 11.6 Å². The Morgan fingerprint density at radius 1 is 1.21 bits per heavy atom. The van der Waals surface area contributed by atoms with Crippen LogP contribution < -0.4 is 10.6 Å². The van der Waals surface area contributed by atoms with Gasteiger partial charge in [0.15, 0.2) is 0 Å². The lowest BCUT2D eigenvalue weighted by Gasteiger charge is -2.16. The van der Waals surface area contributed by atoms with E-state index in [0.717, 1.165) is 24.9 Å². The molecule has 19 heavy (non-hydrogen) atoms. The van der Waals surface area contributed by atoms with Crippen LogP contribution in [0.1, 0.15) is 32.6 Å². The summed E-state index contributed by atoms with van der Waals surface area (Å²) in [6.45, 7) is 2.62. The van der Waals surface area contributed by atoms with Gasteiger partial charge >= 0.3 is 0 Å². The number of nitrogens with zero attached hydrogens (tertiary/aromatic N) is 1. The monoisotopic (exact) mass is 265 g/mol. The van der Waals surface area contributed by atoms with Crippen LogP contribution in [0.25, 0.3) is 0 Å². The fourth-order valence-electron chi connectivity index (χ4n) is 1.50. The molecule has 1 aromatic rings. The zero-order chi connectivity index (χ0) is 14.5. The van der Waals surface area contributed by atoms with Crippen molar-refractivity contribution in [2.45, 2.75) is 32.6 Å². The van der Waals surface area contributed by atoms with Gasteiger partial charge in [-0.2, -0.15) is 0 Å². The Hall–Kier alpha value is -1.55. The summed E-state index contributed by atoms with van der Waals surface area (Å²) in [5, 5.41) is 10.3. The molecule has 1 radical (unpaired) electrons. The third kappa shape index (κ3) is 10.1. The molecule has 0 atom stereocenters. The fourth-order valence-corrected chi connectivity index (χ4v) is 1.50. The predicted molar refractivity (Wildman–Crippen MR) is 78.6 cm³/mol. The molecule has 0 fully saturated rings. The van der Waals surface area contributed by atoms with Crippen molar-refractivity contribution < 1.29 is 9.90 Å². The van der Waals surface area contributed by atoms with Crippen molar-refractivity contribution in [2.75, 3.05) is 25.1 Å². The van der Waals surface area contributed by atoms with Crippen molar-refractivity contribution in [1.82, 2.24) is 0 Å². The van der Waals surface area contributed by atoms with Gasteiger partial charge in [0.05, 0.1) is 6.61 Å². The minimum Gasteiger partial charge on any atom is -0.372 e. The summed E-state index contributed by atoms with van der Waals surface area (Å²) in [7, 11) is 1.92. The number of carbonyl (C=O) groups excluding carboxylic acids is 1. The van der Waals surface area contributed by atoms with Crippen LogP contribution in [-0.2, 0) is 9.90 Å². The summed E-state index contributed by atoms with van der Waals surface area (Å²) in [5.41, 5.74) is 5.99. The summed E-state index contributed by atoms with van der Waals surface area (Å²) in [4.78, 5) is 12.0. The maximum atomic E-state index is 10.3. The molecule has 0 spiro atoms. The highest BCUT2D eigenvalue weighted by molar-refractivity contribution is 5.73. The van der Waals surface area contributed by atoms with Crippen LogP contribution in [0.15, 0.2) is 30.3 Å². The van der Waals surface area contributed by atoms with E-state index in [9.17, 15) is 9.90 Å². The highest BCUT2D eigenvalue weighted by Crippen LogP contribution is 2.09. The van der Waals surface area contributed by atoms with Crippen LogP contribution in [0.3, 0.4) is 0 Å². The molecular weight excluding hydrogens is 240 g/mol. The first-order valence-corrected chi connectivity index (χ1v) is 6.74. The highest BCUT2D eigenvalue weighted by Gasteiger charge is 1.96. The Morgan fingerprint density at radius 3 is 2.32 bits per heavy atom. The van der Waals surface area contributed by atoms with E-state index in [0.29, 0.717) is 13.0 Å². The van der Waals surface area contributed by atoms with E-state index >= 15 is 0 Å². The Kier molecular flexibility index (Phi) is 10.6. The Labute approximate surface area is 116 Å². The summed E-state index contributed by atoms with van der Waals surface area (Å²) >= 11 is 0. The average Bonchev–Trinajstić information content (AvgIpc) is 2.41. The molecule has 0 saturated carbocycles. The maximum Gasteiger partial charge on any atom is 0.217 e. The number of likely N-dealkylation sites (N-methyl/N-ethyl adjacent to an activating group) is 1. The second-order valence-electron chi connectivity index (χ2n) is 4.38. The molecule has 0 aromatic heterocycles. The number of para-hydroxylation sites is 1. The van der Waals surface area contributed by atoms with Crippen LogP contribution in [0.5, 0.6) is 0 Å². The van der Waals surface area contributed by atoms with Crippen LogP contribution in [0.4, 0.5) is 5.69 Å². The molecule has 0 aliphatic heterocycles. The minimum atomic E-state index is -0.182. The zero-order valence-corrected chi connectivity index (χ0v) is 12.0. The normalized spacial score (nSPS) is 9.42.